The second-order valence-electron chi connectivity index (χ2n) is 15.3. The van der Waals surface area contributed by atoms with Gasteiger partial charge in [-0.05, 0) is 89.0 Å². The highest BCUT2D eigenvalue weighted by atomic mass is 35.5. The second kappa shape index (κ2) is 19.9. The number of fused-ring (bicyclic) bond motifs is 3. The van der Waals surface area contributed by atoms with Gasteiger partial charge in [-0.1, -0.05) is 47.5 Å². The zero-order valence-corrected chi connectivity index (χ0v) is 41.4. The summed E-state index contributed by atoms with van der Waals surface area (Å²) in [6, 6.07) is 19.6. The summed E-state index contributed by atoms with van der Waals surface area (Å²) >= 11 is 12.0. The Morgan fingerprint density at radius 2 is 0.947 bits per heavy atom. The van der Waals surface area contributed by atoms with Crippen molar-refractivity contribution >= 4 is 154 Å². The number of hydrogen-bond donors (Lipinski definition) is 8. The molecule has 8 aromatic carbocycles. The Balaban J connectivity index is 1.15. The van der Waals surface area contributed by atoms with Crippen LogP contribution in [0.1, 0.15) is 0 Å². The van der Waals surface area contributed by atoms with E-state index in [1.54, 1.807) is 6.07 Å². The Hall–Kier alpha value is -8.17. The minimum absolute atomic E-state index is 0.0392. The molecular weight excluding hydrogens is 1110 g/mol. The van der Waals surface area contributed by atoms with Crippen LogP contribution >= 0.6 is 23.2 Å². The zero-order valence-electron chi connectivity index (χ0n) is 36.6. The van der Waals surface area contributed by atoms with E-state index in [-0.39, 0.29) is 66.2 Å². The molecule has 0 heterocycles. The summed E-state index contributed by atoms with van der Waals surface area (Å²) in [7, 11) is -20.0. The van der Waals surface area contributed by atoms with Crippen molar-refractivity contribution in [3.05, 3.63) is 113 Å². The van der Waals surface area contributed by atoms with Gasteiger partial charge in [-0.15, -0.1) is 30.7 Å². The van der Waals surface area contributed by atoms with E-state index >= 15 is 0 Å². The Kier molecular flexibility index (Phi) is 14.1. The predicted molar refractivity (Wildman–Crippen MR) is 267 cm³/mol. The molecule has 0 spiro atoms. The van der Waals surface area contributed by atoms with Gasteiger partial charge in [-0.2, -0.15) is 43.9 Å². The summed E-state index contributed by atoms with van der Waals surface area (Å²) in [6.45, 7) is -0.121. The number of anilines is 1. The van der Waals surface area contributed by atoms with Crippen LogP contribution < -0.4 is 10.5 Å². The van der Waals surface area contributed by atoms with E-state index in [0.29, 0.717) is 11.5 Å². The first kappa shape index (κ1) is 53.1. The molecule has 0 amide bonds. The largest absolute Gasteiger partial charge is 0.505 e. The van der Waals surface area contributed by atoms with Crippen molar-refractivity contribution in [3.8, 4) is 23.0 Å². The number of nitrogen functional groups attached to an aromatic ring is 1. The number of halogens is 2. The van der Waals surface area contributed by atoms with Gasteiger partial charge in [-0.25, -0.2) is 0 Å². The van der Waals surface area contributed by atoms with E-state index in [9.17, 15) is 72.0 Å². The molecular formula is C43H27Cl2N9O17S4. The first-order chi connectivity index (χ1) is 35.1. The molecule has 26 nitrogen and oxygen atoms in total. The molecule has 0 fully saturated rings. The topological polar surface area (TPSA) is 429 Å². The maximum Gasteiger partial charge on any atom is 0.298 e. The van der Waals surface area contributed by atoms with Crippen molar-refractivity contribution in [1.29, 1.82) is 0 Å². The Morgan fingerprint density at radius 3 is 1.57 bits per heavy atom. The smallest absolute Gasteiger partial charge is 0.298 e. The molecule has 0 saturated heterocycles. The van der Waals surface area contributed by atoms with Crippen molar-refractivity contribution in [2.45, 2.75) is 19.6 Å². The maximum absolute atomic E-state index is 12.7. The van der Waals surface area contributed by atoms with Gasteiger partial charge in [0, 0.05) is 21.9 Å². The average molecular weight is 1140 g/mol. The van der Waals surface area contributed by atoms with Gasteiger partial charge >= 0.3 is 0 Å². The van der Waals surface area contributed by atoms with Crippen LogP contribution in [0.25, 0.3) is 32.3 Å². The number of aromatic hydroxyl groups is 3. The molecule has 0 bridgehead atoms. The summed E-state index contributed by atoms with van der Waals surface area (Å²) in [5.41, 5.74) is 2.90. The van der Waals surface area contributed by atoms with Crippen LogP contribution in [0.5, 0.6) is 23.0 Å². The van der Waals surface area contributed by atoms with Gasteiger partial charge in [-0.3, -0.25) is 23.0 Å². The summed E-state index contributed by atoms with van der Waals surface area (Å²) in [6.07, 6.45) is 0. The van der Waals surface area contributed by atoms with E-state index in [1.165, 1.54) is 48.5 Å². The molecule has 8 rings (SSSR count). The SMILES string of the molecule is Nc1c(N=Nc2ccc3cc(S(=O)(=O)O)c(N=Nc4ccc(S(=O)(=O)O)cc4OC=O)c(O)c3c2)c(S(=O)(=O)O)cc2ccc(N=Nc3ccc4ccc(N=Nc5c(Cl)cc(Cl)cc5S(=O)(=O)O)c(O)c4c3)c(O)c12. The van der Waals surface area contributed by atoms with Crippen molar-refractivity contribution in [1.82, 2.24) is 0 Å². The molecule has 384 valence electrons. The number of ether oxygens (including phenoxy) is 1. The number of rotatable bonds is 14. The van der Waals surface area contributed by atoms with Crippen LogP contribution in [-0.2, 0) is 45.3 Å². The van der Waals surface area contributed by atoms with E-state index in [4.69, 9.17) is 33.7 Å². The van der Waals surface area contributed by atoms with Crippen molar-refractivity contribution in [2.24, 2.45) is 40.9 Å². The number of nitrogens with zero attached hydrogens (tertiary/aromatic N) is 8. The lowest BCUT2D eigenvalue weighted by molar-refractivity contribution is -0.120. The van der Waals surface area contributed by atoms with Crippen LogP contribution in [-0.4, -0.2) is 73.7 Å². The molecule has 0 saturated carbocycles. The quantitative estimate of drug-likeness (QED) is 0.0217. The van der Waals surface area contributed by atoms with Crippen molar-refractivity contribution in [3.63, 3.8) is 0 Å². The lowest BCUT2D eigenvalue weighted by atomic mass is 10.1. The van der Waals surface area contributed by atoms with E-state index in [0.717, 1.165) is 42.5 Å². The molecule has 0 unspecified atom stereocenters. The predicted octanol–water partition coefficient (Wildman–Crippen LogP) is 11.3. The molecule has 0 aliphatic rings. The number of nitrogens with two attached hydrogens (primary N) is 1. The number of carbonyl (C=O) groups is 1. The minimum atomic E-state index is -5.17. The summed E-state index contributed by atoms with van der Waals surface area (Å²) in [4.78, 5) is 7.80. The van der Waals surface area contributed by atoms with E-state index in [2.05, 4.69) is 40.9 Å². The van der Waals surface area contributed by atoms with E-state index < -0.39 is 111 Å². The highest BCUT2D eigenvalue weighted by Crippen LogP contribution is 2.48. The first-order valence-electron chi connectivity index (χ1n) is 20.1. The average Bonchev–Trinajstić information content (AvgIpc) is 3.32. The summed E-state index contributed by atoms with van der Waals surface area (Å²) in [5.74, 6) is -2.64. The minimum Gasteiger partial charge on any atom is -0.505 e. The maximum atomic E-state index is 12.7. The highest BCUT2D eigenvalue weighted by Gasteiger charge is 2.26. The molecule has 0 aliphatic heterocycles. The first-order valence-corrected chi connectivity index (χ1v) is 26.6. The molecule has 0 radical (unpaired) electrons. The standard InChI is InChI=1S/C43H27Cl2N9O17S4/c44-22-13-28(45)38(35(14-22)75(68,69)70)52-51-30-8-3-19-1-5-23(15-26(19)41(30)56)47-50-31-9-4-21-12-33(73(62,63)64)39(37(46)36(21)43(31)58)53-48-24-6-2-20-11-34(74(65,66)67)40(42(57)27(20)16-24)54-49-29-10-7-25(72(59,60)61)17-32(29)71-18-55/h1-18,56-58H,46H2,(H,59,60,61)(H,62,63,64)(H,65,66,67)(H,68,69,70). The third kappa shape index (κ3) is 11.0. The lowest BCUT2D eigenvalue weighted by Gasteiger charge is -2.12. The molecule has 0 aliphatic carbocycles. The summed E-state index contributed by atoms with van der Waals surface area (Å²) in [5, 5.41) is 65.0. The molecule has 32 heteroatoms. The molecule has 8 aromatic rings. The fourth-order valence-electron chi connectivity index (χ4n) is 7.09. The molecule has 9 N–H and O–H groups in total. The number of azo groups is 4. The fraction of sp³-hybridized carbons (Fsp3) is 0. The van der Waals surface area contributed by atoms with Crippen LogP contribution in [0.3, 0.4) is 0 Å². The lowest BCUT2D eigenvalue weighted by Crippen LogP contribution is -2.01. The number of hydrogen-bond acceptors (Lipinski definition) is 22. The number of phenols is 3. The molecule has 0 aromatic heterocycles. The van der Waals surface area contributed by atoms with Crippen molar-refractivity contribution < 1.29 is 76.7 Å². The third-order valence-electron chi connectivity index (χ3n) is 10.5. The van der Waals surface area contributed by atoms with Gasteiger partial charge in [0.2, 0.25) is 0 Å². The summed E-state index contributed by atoms with van der Waals surface area (Å²) < 4.78 is 141. The van der Waals surface area contributed by atoms with Gasteiger partial charge in [0.15, 0.2) is 23.0 Å². The van der Waals surface area contributed by atoms with E-state index in [1.807, 2.05) is 0 Å². The molecule has 75 heavy (non-hydrogen) atoms. The number of benzene rings is 8. The zero-order chi connectivity index (χ0) is 54.5. The van der Waals surface area contributed by atoms with Gasteiger partial charge in [0.05, 0.1) is 32.4 Å². The number of phenolic OH excluding ortho intramolecular Hbond substituents is 3. The van der Waals surface area contributed by atoms with Crippen molar-refractivity contribution in [2.75, 3.05) is 5.73 Å². The monoisotopic (exact) mass is 1140 g/mol. The fourth-order valence-corrected chi connectivity index (χ4v) is 10.2. The van der Waals surface area contributed by atoms with Gasteiger partial charge in [0.25, 0.3) is 46.9 Å². The molecule has 0 atom stereocenters. The van der Waals surface area contributed by atoms with Gasteiger partial charge in [0.1, 0.15) is 48.8 Å². The van der Waals surface area contributed by atoms with Crippen LogP contribution in [0, 0.1) is 0 Å². The number of carbonyl (C=O) groups excluding carboxylic acids is 1. The van der Waals surface area contributed by atoms with Gasteiger partial charge < -0.3 is 25.8 Å². The third-order valence-corrected chi connectivity index (χ3v) is 14.5. The highest BCUT2D eigenvalue weighted by molar-refractivity contribution is 7.86. The Morgan fingerprint density at radius 1 is 0.467 bits per heavy atom. The Labute approximate surface area is 430 Å². The second-order valence-corrected chi connectivity index (χ2v) is 21.7. The Bertz CT molecular complexity index is 4390. The van der Waals surface area contributed by atoms with Crippen LogP contribution in [0.4, 0.5) is 51.2 Å². The van der Waals surface area contributed by atoms with Crippen LogP contribution in [0.15, 0.2) is 164 Å². The van der Waals surface area contributed by atoms with Crippen LogP contribution in [0.2, 0.25) is 10.0 Å². The normalized spacial score (nSPS) is 12.9.